The molecule has 0 spiro atoms. The largest absolute Gasteiger partial charge is 0.364 e. The minimum Gasteiger partial charge on any atom is -0.364 e. The molecule has 0 aliphatic carbocycles. The summed E-state index contributed by atoms with van der Waals surface area (Å²) < 4.78 is 0. The van der Waals surface area contributed by atoms with E-state index in [0.717, 1.165) is 5.69 Å². The van der Waals surface area contributed by atoms with Crippen molar-refractivity contribution in [3.63, 3.8) is 0 Å². The van der Waals surface area contributed by atoms with Crippen LogP contribution in [0.4, 0.5) is 11.8 Å². The molecule has 0 saturated heterocycles. The summed E-state index contributed by atoms with van der Waals surface area (Å²) in [7, 11) is 0. The van der Waals surface area contributed by atoms with Crippen LogP contribution in [0.5, 0.6) is 0 Å². The summed E-state index contributed by atoms with van der Waals surface area (Å²) in [5.41, 5.74) is 0.870. The molecule has 0 radical (unpaired) electrons. The maximum absolute atomic E-state index is 4.35. The molecule has 0 aliphatic heterocycles. The van der Waals surface area contributed by atoms with Gasteiger partial charge >= 0.3 is 0 Å². The molecule has 0 amide bonds. The summed E-state index contributed by atoms with van der Waals surface area (Å²) >= 11 is 0. The average molecular weight is 258 g/mol. The van der Waals surface area contributed by atoms with Crippen molar-refractivity contribution in [2.45, 2.75) is 32.9 Å². The van der Waals surface area contributed by atoms with Crippen LogP contribution in [-0.2, 0) is 6.54 Å². The van der Waals surface area contributed by atoms with E-state index in [0.29, 0.717) is 18.3 Å². The standard InChI is InChI=1S/C13H18N6/c1-13(2,3)18-11-9-16-19-12(17-11)15-8-10-6-4-5-7-14-10/h4-7,9H,8H2,1-3H3,(H2,15,17,18,19). The van der Waals surface area contributed by atoms with Gasteiger partial charge in [0, 0.05) is 11.7 Å². The molecule has 0 atom stereocenters. The molecule has 2 heterocycles. The smallest absolute Gasteiger partial charge is 0.245 e. The first-order chi connectivity index (χ1) is 9.03. The van der Waals surface area contributed by atoms with E-state index in [1.54, 1.807) is 12.4 Å². The second-order valence-electron chi connectivity index (χ2n) is 5.21. The normalized spacial score (nSPS) is 11.1. The number of anilines is 2. The Balaban J connectivity index is 1.99. The molecule has 2 N–H and O–H groups in total. The zero-order valence-electron chi connectivity index (χ0n) is 11.4. The van der Waals surface area contributed by atoms with Crippen molar-refractivity contribution in [1.82, 2.24) is 20.2 Å². The summed E-state index contributed by atoms with van der Waals surface area (Å²) in [6, 6.07) is 5.77. The van der Waals surface area contributed by atoms with Gasteiger partial charge in [-0.15, -0.1) is 5.10 Å². The molecule has 2 aromatic heterocycles. The molecule has 6 nitrogen and oxygen atoms in total. The zero-order valence-corrected chi connectivity index (χ0v) is 11.4. The summed E-state index contributed by atoms with van der Waals surface area (Å²) in [5.74, 6) is 1.19. The van der Waals surface area contributed by atoms with Gasteiger partial charge in [0.2, 0.25) is 5.95 Å². The van der Waals surface area contributed by atoms with E-state index in [1.165, 1.54) is 0 Å². The lowest BCUT2D eigenvalue weighted by Crippen LogP contribution is -2.27. The van der Waals surface area contributed by atoms with Crippen LogP contribution < -0.4 is 10.6 Å². The van der Waals surface area contributed by atoms with Gasteiger partial charge in [-0.3, -0.25) is 4.98 Å². The molecule has 2 aromatic rings. The van der Waals surface area contributed by atoms with E-state index in [4.69, 9.17) is 0 Å². The van der Waals surface area contributed by atoms with Crippen molar-refractivity contribution in [3.05, 3.63) is 36.3 Å². The van der Waals surface area contributed by atoms with Gasteiger partial charge in [-0.1, -0.05) is 6.07 Å². The van der Waals surface area contributed by atoms with Crippen molar-refractivity contribution in [3.8, 4) is 0 Å². The Bertz CT molecular complexity index is 520. The average Bonchev–Trinajstić information content (AvgIpc) is 2.36. The summed E-state index contributed by atoms with van der Waals surface area (Å²) in [6.07, 6.45) is 3.37. The number of rotatable bonds is 4. The molecule has 0 aromatic carbocycles. The molecule has 0 bridgehead atoms. The minimum atomic E-state index is -0.0612. The van der Waals surface area contributed by atoms with Crippen molar-refractivity contribution >= 4 is 11.8 Å². The fourth-order valence-electron chi connectivity index (χ4n) is 1.50. The lowest BCUT2D eigenvalue weighted by molar-refractivity contribution is 0.629. The molecule has 6 heteroatoms. The molecular formula is C13H18N6. The second-order valence-corrected chi connectivity index (χ2v) is 5.21. The van der Waals surface area contributed by atoms with E-state index < -0.39 is 0 Å². The molecule has 0 fully saturated rings. The van der Waals surface area contributed by atoms with Gasteiger partial charge in [-0.25, -0.2) is 0 Å². The van der Waals surface area contributed by atoms with E-state index in [9.17, 15) is 0 Å². The molecule has 0 saturated carbocycles. The number of hydrogen-bond donors (Lipinski definition) is 2. The van der Waals surface area contributed by atoms with Crippen molar-refractivity contribution in [1.29, 1.82) is 0 Å². The Morgan fingerprint density at radius 2 is 2.05 bits per heavy atom. The second kappa shape index (κ2) is 5.60. The Morgan fingerprint density at radius 3 is 2.74 bits per heavy atom. The number of hydrogen-bond acceptors (Lipinski definition) is 6. The summed E-state index contributed by atoms with van der Waals surface area (Å²) in [4.78, 5) is 8.57. The van der Waals surface area contributed by atoms with Gasteiger partial charge in [0.15, 0.2) is 5.82 Å². The molecule has 0 unspecified atom stereocenters. The van der Waals surface area contributed by atoms with Crippen molar-refractivity contribution in [2.75, 3.05) is 10.6 Å². The Labute approximate surface area is 112 Å². The maximum atomic E-state index is 4.35. The van der Waals surface area contributed by atoms with Gasteiger partial charge in [0.25, 0.3) is 0 Å². The maximum Gasteiger partial charge on any atom is 0.245 e. The van der Waals surface area contributed by atoms with Gasteiger partial charge in [-0.05, 0) is 32.9 Å². The van der Waals surface area contributed by atoms with E-state index in [1.807, 2.05) is 18.2 Å². The Kier molecular flexibility index (Phi) is 3.89. The SMILES string of the molecule is CC(C)(C)Nc1cnnc(NCc2ccccn2)n1. The van der Waals surface area contributed by atoms with Crippen molar-refractivity contribution in [2.24, 2.45) is 0 Å². The molecule has 19 heavy (non-hydrogen) atoms. The van der Waals surface area contributed by atoms with Crippen LogP contribution >= 0.6 is 0 Å². The molecule has 0 aliphatic rings. The summed E-state index contributed by atoms with van der Waals surface area (Å²) in [6.45, 7) is 6.77. The highest BCUT2D eigenvalue weighted by Crippen LogP contribution is 2.11. The predicted molar refractivity (Wildman–Crippen MR) is 74.8 cm³/mol. The minimum absolute atomic E-state index is 0.0612. The van der Waals surface area contributed by atoms with Crippen LogP contribution in [0.3, 0.4) is 0 Å². The van der Waals surface area contributed by atoms with Crippen LogP contribution in [0, 0.1) is 0 Å². The Hall–Kier alpha value is -2.24. The van der Waals surface area contributed by atoms with Gasteiger partial charge < -0.3 is 10.6 Å². The molecule has 2 rings (SSSR count). The number of aromatic nitrogens is 4. The van der Waals surface area contributed by atoms with Crippen LogP contribution in [0.2, 0.25) is 0 Å². The highest BCUT2D eigenvalue weighted by Gasteiger charge is 2.11. The fraction of sp³-hybridized carbons (Fsp3) is 0.385. The van der Waals surface area contributed by atoms with E-state index >= 15 is 0 Å². The van der Waals surface area contributed by atoms with Gasteiger partial charge in [0.05, 0.1) is 18.4 Å². The van der Waals surface area contributed by atoms with Crippen LogP contribution in [-0.4, -0.2) is 25.7 Å². The highest BCUT2D eigenvalue weighted by atomic mass is 15.3. The fourth-order valence-corrected chi connectivity index (χ4v) is 1.50. The highest BCUT2D eigenvalue weighted by molar-refractivity contribution is 5.39. The van der Waals surface area contributed by atoms with E-state index in [-0.39, 0.29) is 5.54 Å². The van der Waals surface area contributed by atoms with E-state index in [2.05, 4.69) is 51.6 Å². The van der Waals surface area contributed by atoms with Gasteiger partial charge in [-0.2, -0.15) is 10.1 Å². The predicted octanol–water partition coefficient (Wildman–Crippen LogP) is 2.09. The first kappa shape index (κ1) is 13.2. The Morgan fingerprint density at radius 1 is 1.21 bits per heavy atom. The summed E-state index contributed by atoms with van der Waals surface area (Å²) in [5, 5.41) is 14.2. The van der Waals surface area contributed by atoms with Crippen LogP contribution in [0.1, 0.15) is 26.5 Å². The first-order valence-corrected chi connectivity index (χ1v) is 6.15. The third kappa shape index (κ3) is 4.50. The van der Waals surface area contributed by atoms with Crippen LogP contribution in [0.25, 0.3) is 0 Å². The first-order valence-electron chi connectivity index (χ1n) is 6.15. The monoisotopic (exact) mass is 258 g/mol. The number of nitrogens with zero attached hydrogens (tertiary/aromatic N) is 4. The lowest BCUT2D eigenvalue weighted by Gasteiger charge is -2.20. The van der Waals surface area contributed by atoms with Crippen molar-refractivity contribution < 1.29 is 0 Å². The quantitative estimate of drug-likeness (QED) is 0.874. The third-order valence-corrected chi connectivity index (χ3v) is 2.22. The zero-order chi connectivity index (χ0) is 13.7. The molecule has 100 valence electrons. The number of nitrogens with one attached hydrogen (secondary N) is 2. The topological polar surface area (TPSA) is 75.6 Å². The molecular weight excluding hydrogens is 240 g/mol. The van der Waals surface area contributed by atoms with Crippen LogP contribution in [0.15, 0.2) is 30.6 Å². The van der Waals surface area contributed by atoms with Gasteiger partial charge in [0.1, 0.15) is 0 Å². The third-order valence-electron chi connectivity index (χ3n) is 2.22. The lowest BCUT2D eigenvalue weighted by atomic mass is 10.1. The number of pyridine rings is 1.